The topological polar surface area (TPSA) is 52.0 Å². The SMILES string of the molecule is CC(C)(C)Cc1nc2cc(C(F)(F)F)cc(N)c2o1. The number of benzene rings is 1. The van der Waals surface area contributed by atoms with Crippen LogP contribution in [0.15, 0.2) is 16.5 Å². The van der Waals surface area contributed by atoms with E-state index in [0.717, 1.165) is 12.1 Å². The maximum absolute atomic E-state index is 12.7. The van der Waals surface area contributed by atoms with E-state index in [2.05, 4.69) is 4.98 Å². The number of hydrogen-bond donors (Lipinski definition) is 1. The lowest BCUT2D eigenvalue weighted by Crippen LogP contribution is -2.09. The third-order valence-corrected chi connectivity index (χ3v) is 2.57. The van der Waals surface area contributed by atoms with Crippen LogP contribution in [0.3, 0.4) is 0 Å². The van der Waals surface area contributed by atoms with Crippen molar-refractivity contribution in [2.45, 2.75) is 33.4 Å². The number of halogens is 3. The van der Waals surface area contributed by atoms with E-state index in [0.29, 0.717) is 12.3 Å². The van der Waals surface area contributed by atoms with Crippen molar-refractivity contribution in [3.05, 3.63) is 23.6 Å². The monoisotopic (exact) mass is 272 g/mol. The first-order valence-electron chi connectivity index (χ1n) is 5.82. The molecule has 2 N–H and O–H groups in total. The quantitative estimate of drug-likeness (QED) is 0.798. The lowest BCUT2D eigenvalue weighted by molar-refractivity contribution is -0.137. The molecule has 2 aromatic rings. The molecule has 0 saturated carbocycles. The molecule has 0 aliphatic rings. The molecule has 0 saturated heterocycles. The predicted octanol–water partition coefficient (Wildman–Crippen LogP) is 4.02. The maximum atomic E-state index is 12.7. The third-order valence-electron chi connectivity index (χ3n) is 2.57. The van der Waals surface area contributed by atoms with E-state index in [9.17, 15) is 13.2 Å². The summed E-state index contributed by atoms with van der Waals surface area (Å²) in [5.41, 5.74) is 5.03. The largest absolute Gasteiger partial charge is 0.438 e. The first-order valence-corrected chi connectivity index (χ1v) is 5.82. The molecule has 1 aromatic heterocycles. The summed E-state index contributed by atoms with van der Waals surface area (Å²) >= 11 is 0. The number of alkyl halides is 3. The molecule has 19 heavy (non-hydrogen) atoms. The zero-order valence-electron chi connectivity index (χ0n) is 10.9. The number of aromatic nitrogens is 1. The van der Waals surface area contributed by atoms with Gasteiger partial charge in [-0.25, -0.2) is 4.98 Å². The molecule has 6 heteroatoms. The van der Waals surface area contributed by atoms with Crippen molar-refractivity contribution < 1.29 is 17.6 Å². The fourth-order valence-corrected chi connectivity index (χ4v) is 1.80. The average molecular weight is 272 g/mol. The molecule has 0 bridgehead atoms. The Balaban J connectivity index is 2.51. The number of oxazole rings is 1. The molecule has 0 atom stereocenters. The molecular weight excluding hydrogens is 257 g/mol. The Morgan fingerprint density at radius 2 is 1.84 bits per heavy atom. The van der Waals surface area contributed by atoms with Gasteiger partial charge in [0.15, 0.2) is 11.5 Å². The smallest absolute Gasteiger partial charge is 0.416 e. The van der Waals surface area contributed by atoms with Crippen molar-refractivity contribution >= 4 is 16.8 Å². The highest BCUT2D eigenvalue weighted by Gasteiger charge is 2.32. The summed E-state index contributed by atoms with van der Waals surface area (Å²) in [6, 6.07) is 1.83. The first-order chi connectivity index (χ1) is 8.56. The Kier molecular flexibility index (Phi) is 2.99. The molecule has 1 aromatic carbocycles. The molecule has 3 nitrogen and oxygen atoms in total. The summed E-state index contributed by atoms with van der Waals surface area (Å²) in [4.78, 5) is 4.09. The molecule has 0 unspecified atom stereocenters. The number of anilines is 1. The minimum absolute atomic E-state index is 0.0440. The van der Waals surface area contributed by atoms with Crippen molar-refractivity contribution in [2.24, 2.45) is 5.41 Å². The Bertz CT molecular complexity index is 609. The van der Waals surface area contributed by atoms with E-state index in [-0.39, 0.29) is 22.2 Å². The second kappa shape index (κ2) is 4.15. The molecule has 104 valence electrons. The van der Waals surface area contributed by atoms with E-state index in [1.807, 2.05) is 20.8 Å². The van der Waals surface area contributed by atoms with Gasteiger partial charge in [0, 0.05) is 6.42 Å². The van der Waals surface area contributed by atoms with Crippen LogP contribution in [0, 0.1) is 5.41 Å². The van der Waals surface area contributed by atoms with Crippen LogP contribution in [-0.4, -0.2) is 4.98 Å². The van der Waals surface area contributed by atoms with E-state index >= 15 is 0 Å². The molecule has 0 aliphatic heterocycles. The molecule has 0 amide bonds. The van der Waals surface area contributed by atoms with Gasteiger partial charge < -0.3 is 10.2 Å². The van der Waals surface area contributed by atoms with Crippen molar-refractivity contribution in [2.75, 3.05) is 5.73 Å². The number of hydrogen-bond acceptors (Lipinski definition) is 3. The standard InChI is InChI=1S/C13H15F3N2O/c1-12(2,3)6-10-18-9-5-7(13(14,15)16)4-8(17)11(9)19-10/h4-5H,6,17H2,1-3H3. The van der Waals surface area contributed by atoms with Crippen LogP contribution >= 0.6 is 0 Å². The lowest BCUT2D eigenvalue weighted by Gasteiger charge is -2.14. The minimum atomic E-state index is -4.44. The second-order valence-electron chi connectivity index (χ2n) is 5.76. The van der Waals surface area contributed by atoms with E-state index in [1.165, 1.54) is 0 Å². The summed E-state index contributed by atoms with van der Waals surface area (Å²) in [6.45, 7) is 5.98. The van der Waals surface area contributed by atoms with Crippen molar-refractivity contribution in [1.29, 1.82) is 0 Å². The fourth-order valence-electron chi connectivity index (χ4n) is 1.80. The van der Waals surface area contributed by atoms with Gasteiger partial charge in [-0.3, -0.25) is 0 Å². The maximum Gasteiger partial charge on any atom is 0.416 e. The van der Waals surface area contributed by atoms with Gasteiger partial charge in [-0.1, -0.05) is 20.8 Å². The normalized spacial score (nSPS) is 13.2. The van der Waals surface area contributed by atoms with Crippen LogP contribution in [-0.2, 0) is 12.6 Å². The van der Waals surface area contributed by atoms with Gasteiger partial charge in [-0.2, -0.15) is 13.2 Å². The summed E-state index contributed by atoms with van der Waals surface area (Å²) in [5.74, 6) is 0.397. The van der Waals surface area contributed by atoms with Gasteiger partial charge in [0.25, 0.3) is 0 Å². The first kappa shape index (κ1) is 13.7. The molecule has 1 heterocycles. The minimum Gasteiger partial charge on any atom is -0.438 e. The van der Waals surface area contributed by atoms with Crippen molar-refractivity contribution in [3.63, 3.8) is 0 Å². The average Bonchev–Trinajstić information content (AvgIpc) is 2.56. The van der Waals surface area contributed by atoms with Crippen LogP contribution in [0.2, 0.25) is 0 Å². The van der Waals surface area contributed by atoms with Crippen LogP contribution in [0.5, 0.6) is 0 Å². The van der Waals surface area contributed by atoms with E-state index in [1.54, 1.807) is 0 Å². The highest BCUT2D eigenvalue weighted by atomic mass is 19.4. The summed E-state index contributed by atoms with van der Waals surface area (Å²) in [5, 5.41) is 0. The molecule has 0 fully saturated rings. The molecule has 0 radical (unpaired) electrons. The van der Waals surface area contributed by atoms with Crippen molar-refractivity contribution in [3.8, 4) is 0 Å². The number of nitrogens with zero attached hydrogens (tertiary/aromatic N) is 1. The van der Waals surface area contributed by atoms with Gasteiger partial charge in [-0.05, 0) is 17.5 Å². The van der Waals surface area contributed by atoms with Gasteiger partial charge in [-0.15, -0.1) is 0 Å². The zero-order chi connectivity index (χ0) is 14.4. The Hall–Kier alpha value is -1.72. The van der Waals surface area contributed by atoms with Gasteiger partial charge in [0.1, 0.15) is 5.52 Å². The highest BCUT2D eigenvalue weighted by molar-refractivity contribution is 5.85. The molecular formula is C13H15F3N2O. The Morgan fingerprint density at radius 1 is 1.21 bits per heavy atom. The van der Waals surface area contributed by atoms with Crippen LogP contribution in [0.25, 0.3) is 11.1 Å². The van der Waals surface area contributed by atoms with Crippen LogP contribution in [0.1, 0.15) is 32.2 Å². The number of nitrogens with two attached hydrogens (primary N) is 1. The van der Waals surface area contributed by atoms with E-state index in [4.69, 9.17) is 10.2 Å². The van der Waals surface area contributed by atoms with Gasteiger partial charge in [0.2, 0.25) is 0 Å². The zero-order valence-corrected chi connectivity index (χ0v) is 10.9. The van der Waals surface area contributed by atoms with Crippen molar-refractivity contribution in [1.82, 2.24) is 4.98 Å². The Morgan fingerprint density at radius 3 is 2.37 bits per heavy atom. The van der Waals surface area contributed by atoms with Crippen LogP contribution < -0.4 is 5.73 Å². The summed E-state index contributed by atoms with van der Waals surface area (Å²) in [6.07, 6.45) is -3.91. The van der Waals surface area contributed by atoms with Gasteiger partial charge in [0.05, 0.1) is 11.3 Å². The lowest BCUT2D eigenvalue weighted by atomic mass is 9.92. The summed E-state index contributed by atoms with van der Waals surface area (Å²) < 4.78 is 43.4. The number of rotatable bonds is 1. The number of fused-ring (bicyclic) bond motifs is 1. The fraction of sp³-hybridized carbons (Fsp3) is 0.462. The van der Waals surface area contributed by atoms with Gasteiger partial charge >= 0.3 is 6.18 Å². The van der Waals surface area contributed by atoms with E-state index < -0.39 is 11.7 Å². The molecule has 2 rings (SSSR count). The predicted molar refractivity (Wildman–Crippen MR) is 66.6 cm³/mol. The highest BCUT2D eigenvalue weighted by Crippen LogP contribution is 2.35. The van der Waals surface area contributed by atoms with Crippen LogP contribution in [0.4, 0.5) is 18.9 Å². The summed E-state index contributed by atoms with van der Waals surface area (Å²) in [7, 11) is 0. The Labute approximate surface area is 108 Å². The third kappa shape index (κ3) is 3.00. The second-order valence-corrected chi connectivity index (χ2v) is 5.76. The molecule has 0 aliphatic carbocycles. The molecule has 0 spiro atoms. The number of nitrogen functional groups attached to an aromatic ring is 1.